The Bertz CT molecular complexity index is 408. The molecule has 0 bridgehead atoms. The van der Waals surface area contributed by atoms with Gasteiger partial charge < -0.3 is 0 Å². The van der Waals surface area contributed by atoms with Crippen molar-refractivity contribution in [1.82, 2.24) is 0 Å². The second kappa shape index (κ2) is 3.49. The lowest BCUT2D eigenvalue weighted by Gasteiger charge is -1.96. The van der Waals surface area contributed by atoms with Crippen molar-refractivity contribution in [3.05, 3.63) is 41.0 Å². The minimum atomic E-state index is -1.85. The normalized spacial score (nSPS) is 14.5. The maximum atomic E-state index is 13.0. The monoisotopic (exact) mass is 216 g/mol. The van der Waals surface area contributed by atoms with Gasteiger partial charge in [-0.3, -0.25) is 0 Å². The summed E-state index contributed by atoms with van der Waals surface area (Å²) in [4.78, 5) is 2.87. The fraction of sp³-hybridized carbons (Fsp3) is 0.125. The minimum absolute atomic E-state index is 0.0647. The van der Waals surface area contributed by atoms with Crippen LogP contribution in [0.25, 0.3) is 4.85 Å². The average Bonchev–Trinajstić information content (AvgIpc) is 2.07. The molecule has 56 valence electrons. The molecule has 0 fully saturated rings. The SMILES string of the molecule is [2H]c1cc(C([2H])([2H])Br)cc([N+]#[C-])c1F. The molecule has 0 amide bonds. The molecule has 0 aromatic heterocycles. The van der Waals surface area contributed by atoms with Gasteiger partial charge in [0.1, 0.15) is 5.82 Å². The highest BCUT2D eigenvalue weighted by atomic mass is 79.9. The Labute approximate surface area is 77.0 Å². The van der Waals surface area contributed by atoms with E-state index in [9.17, 15) is 4.39 Å². The molecular weight excluding hydrogens is 209 g/mol. The summed E-state index contributed by atoms with van der Waals surface area (Å²) in [5, 5.41) is -1.85. The topological polar surface area (TPSA) is 4.36 Å². The Hall–Kier alpha value is -0.880. The summed E-state index contributed by atoms with van der Waals surface area (Å²) in [7, 11) is 0. The molecule has 0 radical (unpaired) electrons. The van der Waals surface area contributed by atoms with E-state index in [1.807, 2.05) is 0 Å². The Morgan fingerprint density at radius 2 is 2.64 bits per heavy atom. The predicted molar refractivity (Wildman–Crippen MR) is 45.3 cm³/mol. The van der Waals surface area contributed by atoms with Gasteiger partial charge >= 0.3 is 0 Å². The van der Waals surface area contributed by atoms with E-state index < -0.39 is 17.1 Å². The van der Waals surface area contributed by atoms with E-state index in [0.717, 1.165) is 12.1 Å². The van der Waals surface area contributed by atoms with Crippen molar-refractivity contribution in [1.29, 1.82) is 0 Å². The second-order valence-corrected chi connectivity index (χ2v) is 2.19. The first-order valence-electron chi connectivity index (χ1n) is 4.23. The molecule has 0 atom stereocenters. The van der Waals surface area contributed by atoms with E-state index in [1.54, 1.807) is 0 Å². The van der Waals surface area contributed by atoms with Crippen molar-refractivity contribution in [2.75, 3.05) is 0 Å². The van der Waals surface area contributed by atoms with Crippen LogP contribution < -0.4 is 0 Å². The zero-order valence-corrected chi connectivity index (χ0v) is 6.94. The van der Waals surface area contributed by atoms with Gasteiger partial charge in [-0.05, 0) is 17.7 Å². The van der Waals surface area contributed by atoms with Gasteiger partial charge in [0.05, 0.1) is 7.94 Å². The van der Waals surface area contributed by atoms with Gasteiger partial charge in [-0.25, -0.2) is 9.24 Å². The molecule has 0 aliphatic carbocycles. The predicted octanol–water partition coefficient (Wildman–Crippen LogP) is 3.27. The summed E-state index contributed by atoms with van der Waals surface area (Å²) in [6, 6.07) is 1.67. The van der Waals surface area contributed by atoms with Crippen LogP contribution in [0.15, 0.2) is 18.2 Å². The number of hydrogen-bond donors (Lipinski definition) is 0. The summed E-state index contributed by atoms with van der Waals surface area (Å²) >= 11 is 2.73. The van der Waals surface area contributed by atoms with E-state index in [-0.39, 0.29) is 11.3 Å². The molecule has 11 heavy (non-hydrogen) atoms. The molecule has 1 aromatic carbocycles. The minimum Gasteiger partial charge on any atom is -0.235 e. The molecule has 0 unspecified atom stereocenters. The average molecular weight is 217 g/mol. The van der Waals surface area contributed by atoms with Crippen LogP contribution in [0.3, 0.4) is 0 Å². The Balaban J connectivity index is 3.40. The lowest BCUT2D eigenvalue weighted by molar-refractivity contribution is 0.633. The first-order valence-corrected chi connectivity index (χ1v) is 3.52. The Morgan fingerprint density at radius 3 is 3.18 bits per heavy atom. The number of nitrogens with zero attached hydrogens (tertiary/aromatic N) is 1. The van der Waals surface area contributed by atoms with Crippen molar-refractivity contribution >= 4 is 21.6 Å². The maximum absolute atomic E-state index is 13.0. The van der Waals surface area contributed by atoms with Crippen molar-refractivity contribution < 1.29 is 8.50 Å². The maximum Gasteiger partial charge on any atom is 0.222 e. The second-order valence-electron chi connectivity index (χ2n) is 1.79. The summed E-state index contributed by atoms with van der Waals surface area (Å²) in [6.07, 6.45) is 0. The number of benzene rings is 1. The van der Waals surface area contributed by atoms with Crippen LogP contribution in [0.1, 0.15) is 9.68 Å². The van der Waals surface area contributed by atoms with E-state index in [0.29, 0.717) is 0 Å². The molecule has 0 aliphatic rings. The van der Waals surface area contributed by atoms with Crippen LogP contribution >= 0.6 is 15.9 Å². The van der Waals surface area contributed by atoms with Crippen molar-refractivity contribution in [2.45, 2.75) is 5.28 Å². The third-order valence-corrected chi connectivity index (χ3v) is 1.56. The van der Waals surface area contributed by atoms with E-state index >= 15 is 0 Å². The zero-order chi connectivity index (χ0) is 10.9. The van der Waals surface area contributed by atoms with E-state index in [1.165, 1.54) is 0 Å². The molecule has 0 heterocycles. The highest BCUT2D eigenvalue weighted by molar-refractivity contribution is 9.08. The molecule has 0 N–H and O–H groups in total. The molecule has 0 saturated carbocycles. The highest BCUT2D eigenvalue weighted by Gasteiger charge is 2.00. The summed E-state index contributed by atoms with van der Waals surface area (Å²) < 4.78 is 34.8. The number of halogens is 2. The van der Waals surface area contributed by atoms with Gasteiger partial charge in [-0.1, -0.05) is 22.0 Å². The van der Waals surface area contributed by atoms with E-state index in [4.69, 9.17) is 10.7 Å². The Morgan fingerprint density at radius 1 is 1.91 bits per heavy atom. The van der Waals surface area contributed by atoms with E-state index in [2.05, 4.69) is 20.8 Å². The lowest BCUT2D eigenvalue weighted by Crippen LogP contribution is -1.78. The van der Waals surface area contributed by atoms with Gasteiger partial charge in [0.2, 0.25) is 5.69 Å². The largest absolute Gasteiger partial charge is 0.235 e. The third-order valence-electron chi connectivity index (χ3n) is 1.10. The highest BCUT2D eigenvalue weighted by Crippen LogP contribution is 2.20. The first-order chi connectivity index (χ1) is 6.36. The zero-order valence-electron chi connectivity index (χ0n) is 8.36. The van der Waals surface area contributed by atoms with Crippen LogP contribution in [0.5, 0.6) is 0 Å². The fourth-order valence-electron chi connectivity index (χ4n) is 0.603. The summed E-state index contributed by atoms with van der Waals surface area (Å²) in [6.45, 7) is 6.65. The van der Waals surface area contributed by atoms with Crippen LogP contribution in [-0.2, 0) is 5.28 Å². The van der Waals surface area contributed by atoms with Crippen LogP contribution in [0, 0.1) is 12.4 Å². The third kappa shape index (κ3) is 1.78. The van der Waals surface area contributed by atoms with Crippen molar-refractivity contribution in [2.24, 2.45) is 0 Å². The molecule has 0 saturated heterocycles. The first kappa shape index (κ1) is 4.89. The number of hydrogen-bond acceptors (Lipinski definition) is 0. The van der Waals surface area contributed by atoms with Gasteiger partial charge in [0.25, 0.3) is 0 Å². The molecule has 1 aromatic rings. The quantitative estimate of drug-likeness (QED) is 0.502. The van der Waals surface area contributed by atoms with Crippen molar-refractivity contribution in [3.8, 4) is 0 Å². The van der Waals surface area contributed by atoms with Gasteiger partial charge in [-0.2, -0.15) is 0 Å². The number of rotatable bonds is 1. The number of alkyl halides is 1. The summed E-state index contributed by atoms with van der Waals surface area (Å²) in [5.74, 6) is -0.916. The fourth-order valence-corrected chi connectivity index (χ4v) is 0.832. The molecule has 3 heteroatoms. The Kier molecular flexibility index (Phi) is 1.55. The summed E-state index contributed by atoms with van der Waals surface area (Å²) in [5.41, 5.74) is -0.272. The molecular formula is C8H5BrFN. The molecule has 1 nitrogen and oxygen atoms in total. The van der Waals surface area contributed by atoms with Gasteiger partial charge in [0, 0.05) is 8.02 Å². The van der Waals surface area contributed by atoms with Crippen LogP contribution in [-0.4, -0.2) is 0 Å². The van der Waals surface area contributed by atoms with Gasteiger partial charge in [-0.15, -0.1) is 0 Å². The molecule has 0 spiro atoms. The van der Waals surface area contributed by atoms with Crippen LogP contribution in [0.4, 0.5) is 10.1 Å². The molecule has 1 rings (SSSR count). The standard InChI is InChI=1S/C8H5BrFN/c1-11-8-4-6(5-9)2-3-7(8)10/h2-4H,5H2/i3D,5D2. The van der Waals surface area contributed by atoms with Gasteiger partial charge in [0.15, 0.2) is 0 Å². The van der Waals surface area contributed by atoms with Crippen LogP contribution in [0.2, 0.25) is 0 Å². The molecule has 0 aliphatic heterocycles. The smallest absolute Gasteiger partial charge is 0.222 e. The van der Waals surface area contributed by atoms with Crippen molar-refractivity contribution in [3.63, 3.8) is 0 Å². The lowest BCUT2D eigenvalue weighted by atomic mass is 10.2.